The molecule has 2 aromatic heterocycles. The molecule has 4 aromatic rings. The first-order valence-electron chi connectivity index (χ1n) is 9.39. The maximum atomic E-state index is 12.0. The molecular weight excluding hydrogens is 516 g/mol. The molecule has 0 saturated heterocycles. The summed E-state index contributed by atoms with van der Waals surface area (Å²) in [6.45, 7) is -0.217. The third kappa shape index (κ3) is 4.75. The minimum absolute atomic E-state index is 0.00117. The molecule has 0 fully saturated rings. The third-order valence-electron chi connectivity index (χ3n) is 4.54. The van der Waals surface area contributed by atoms with Crippen molar-refractivity contribution in [3.05, 3.63) is 85.3 Å². The topological polar surface area (TPSA) is 182 Å². The molecular formula is C20H13BrN6O7. The van der Waals surface area contributed by atoms with Gasteiger partial charge in [-0.15, -0.1) is 0 Å². The molecule has 0 bridgehead atoms. The lowest BCUT2D eigenvalue weighted by Crippen LogP contribution is -2.20. The van der Waals surface area contributed by atoms with Gasteiger partial charge in [-0.25, -0.2) is 19.6 Å². The smallest absolute Gasteiger partial charge is 0.412 e. The van der Waals surface area contributed by atoms with Crippen LogP contribution in [0.4, 0.5) is 16.2 Å². The molecule has 0 atom stereocenters. The summed E-state index contributed by atoms with van der Waals surface area (Å²) in [7, 11) is 0. The Balaban J connectivity index is 1.58. The average molecular weight is 529 g/mol. The van der Waals surface area contributed by atoms with Gasteiger partial charge in [0.1, 0.15) is 12.3 Å². The highest BCUT2D eigenvalue weighted by atomic mass is 79.9. The Morgan fingerprint density at radius 1 is 1.26 bits per heavy atom. The second-order valence-electron chi connectivity index (χ2n) is 6.82. The predicted octanol–water partition coefficient (Wildman–Crippen LogP) is 3.23. The number of nitro benzene ring substituents is 1. The van der Waals surface area contributed by atoms with E-state index in [4.69, 9.17) is 9.84 Å². The number of aromatic nitrogens is 4. The van der Waals surface area contributed by atoms with Crippen LogP contribution in [0.3, 0.4) is 0 Å². The number of carboxylic acid groups (broad SMARTS) is 1. The minimum atomic E-state index is -1.54. The fourth-order valence-electron chi connectivity index (χ4n) is 3.01. The summed E-state index contributed by atoms with van der Waals surface area (Å²) in [5, 5.41) is 23.3. The van der Waals surface area contributed by atoms with Gasteiger partial charge in [0.25, 0.3) is 11.2 Å². The van der Waals surface area contributed by atoms with E-state index in [1.807, 2.05) is 0 Å². The largest absolute Gasteiger partial charge is 0.476 e. The van der Waals surface area contributed by atoms with Crippen LogP contribution in [0.25, 0.3) is 16.7 Å². The van der Waals surface area contributed by atoms with Crippen molar-refractivity contribution in [2.45, 2.75) is 6.61 Å². The van der Waals surface area contributed by atoms with Crippen LogP contribution in [0.5, 0.6) is 0 Å². The SMILES string of the molecule is O=C(Nc1ccc(Br)cc1)OCc1cn(-c2cc3nc(C(=O)O)c(=O)[nH]c3cc2[N+](=O)[O-])cn1. The molecule has 4 rings (SSSR count). The number of hydrogen-bond acceptors (Lipinski definition) is 8. The van der Waals surface area contributed by atoms with Crippen molar-refractivity contribution in [2.75, 3.05) is 5.32 Å². The van der Waals surface area contributed by atoms with E-state index in [0.29, 0.717) is 11.4 Å². The highest BCUT2D eigenvalue weighted by Crippen LogP contribution is 2.27. The number of carbonyl (C=O) groups excluding carboxylic acids is 1. The number of hydrogen-bond donors (Lipinski definition) is 3. The van der Waals surface area contributed by atoms with Crippen molar-refractivity contribution < 1.29 is 24.4 Å². The highest BCUT2D eigenvalue weighted by Gasteiger charge is 2.21. The number of imidazole rings is 1. The van der Waals surface area contributed by atoms with Gasteiger partial charge >= 0.3 is 12.1 Å². The summed E-state index contributed by atoms with van der Waals surface area (Å²) < 4.78 is 7.28. The first-order chi connectivity index (χ1) is 16.2. The van der Waals surface area contributed by atoms with E-state index in [0.717, 1.165) is 10.5 Å². The van der Waals surface area contributed by atoms with E-state index >= 15 is 0 Å². The number of benzene rings is 2. The van der Waals surface area contributed by atoms with Crippen molar-refractivity contribution in [1.82, 2.24) is 19.5 Å². The summed E-state index contributed by atoms with van der Waals surface area (Å²) in [6, 6.07) is 9.18. The first-order valence-corrected chi connectivity index (χ1v) is 10.2. The number of H-pyrrole nitrogens is 1. The molecule has 2 heterocycles. The molecule has 3 N–H and O–H groups in total. The number of ether oxygens (including phenoxy) is 1. The monoisotopic (exact) mass is 528 g/mol. The Labute approximate surface area is 197 Å². The summed E-state index contributed by atoms with van der Waals surface area (Å²) in [6.07, 6.45) is 1.96. The lowest BCUT2D eigenvalue weighted by Gasteiger charge is -2.07. The van der Waals surface area contributed by atoms with Crippen LogP contribution in [0.1, 0.15) is 16.2 Å². The summed E-state index contributed by atoms with van der Waals surface area (Å²) in [5.74, 6) is -1.54. The number of aromatic amines is 1. The lowest BCUT2D eigenvalue weighted by molar-refractivity contribution is -0.384. The van der Waals surface area contributed by atoms with E-state index < -0.39 is 28.2 Å². The highest BCUT2D eigenvalue weighted by molar-refractivity contribution is 9.10. The van der Waals surface area contributed by atoms with Gasteiger partial charge in [-0.2, -0.15) is 0 Å². The van der Waals surface area contributed by atoms with Gasteiger partial charge in [0, 0.05) is 22.4 Å². The number of nitrogens with zero attached hydrogens (tertiary/aromatic N) is 4. The zero-order valence-corrected chi connectivity index (χ0v) is 18.5. The molecule has 0 unspecified atom stereocenters. The van der Waals surface area contributed by atoms with E-state index in [2.05, 4.69) is 36.2 Å². The molecule has 14 heteroatoms. The number of anilines is 1. The minimum Gasteiger partial charge on any atom is -0.476 e. The third-order valence-corrected chi connectivity index (χ3v) is 5.07. The maximum absolute atomic E-state index is 12.0. The maximum Gasteiger partial charge on any atom is 0.412 e. The van der Waals surface area contributed by atoms with Crippen LogP contribution in [-0.2, 0) is 11.3 Å². The van der Waals surface area contributed by atoms with Crippen LogP contribution in [-0.4, -0.2) is 41.6 Å². The average Bonchev–Trinajstić information content (AvgIpc) is 3.26. The number of halogens is 1. The molecule has 34 heavy (non-hydrogen) atoms. The Kier molecular flexibility index (Phi) is 6.05. The van der Waals surface area contributed by atoms with Crippen molar-refractivity contribution >= 4 is 50.4 Å². The van der Waals surface area contributed by atoms with Gasteiger partial charge < -0.3 is 14.8 Å². The second-order valence-corrected chi connectivity index (χ2v) is 7.73. The molecule has 0 radical (unpaired) electrons. The Hall–Kier alpha value is -4.59. The van der Waals surface area contributed by atoms with E-state index in [9.17, 15) is 24.5 Å². The number of aromatic carboxylic acids is 1. The van der Waals surface area contributed by atoms with Crippen molar-refractivity contribution in [3.63, 3.8) is 0 Å². The fraction of sp³-hybridized carbons (Fsp3) is 0.0500. The van der Waals surface area contributed by atoms with Gasteiger partial charge in [-0.05, 0) is 30.3 Å². The Bertz CT molecular complexity index is 1500. The molecule has 13 nitrogen and oxygen atoms in total. The van der Waals surface area contributed by atoms with E-state index in [1.165, 1.54) is 23.2 Å². The molecule has 172 valence electrons. The zero-order valence-electron chi connectivity index (χ0n) is 16.9. The van der Waals surface area contributed by atoms with E-state index in [-0.39, 0.29) is 29.0 Å². The number of fused-ring (bicyclic) bond motifs is 1. The number of nitrogens with one attached hydrogen (secondary N) is 2. The second kappa shape index (κ2) is 9.11. The molecule has 0 aliphatic rings. The van der Waals surface area contributed by atoms with Gasteiger partial charge in [0.05, 0.1) is 28.0 Å². The van der Waals surface area contributed by atoms with Gasteiger partial charge in [-0.1, -0.05) is 15.9 Å². The van der Waals surface area contributed by atoms with Crippen LogP contribution in [0.15, 0.2) is 58.2 Å². The van der Waals surface area contributed by atoms with Gasteiger partial charge in [-0.3, -0.25) is 24.8 Å². The first kappa shape index (κ1) is 22.6. The molecule has 2 aromatic carbocycles. The summed E-state index contributed by atoms with van der Waals surface area (Å²) >= 11 is 3.29. The summed E-state index contributed by atoms with van der Waals surface area (Å²) in [5.41, 5.74) is -1.25. The molecule has 0 aliphatic heterocycles. The molecule has 0 aliphatic carbocycles. The number of carbonyl (C=O) groups is 2. The van der Waals surface area contributed by atoms with Crippen molar-refractivity contribution in [1.29, 1.82) is 0 Å². The zero-order chi connectivity index (χ0) is 24.4. The van der Waals surface area contributed by atoms with E-state index in [1.54, 1.807) is 24.3 Å². The van der Waals surface area contributed by atoms with Gasteiger partial charge in [0.2, 0.25) is 5.69 Å². The fourth-order valence-corrected chi connectivity index (χ4v) is 3.27. The number of amides is 1. The Morgan fingerprint density at radius 3 is 2.68 bits per heavy atom. The predicted molar refractivity (Wildman–Crippen MR) is 121 cm³/mol. The van der Waals surface area contributed by atoms with Crippen LogP contribution >= 0.6 is 15.9 Å². The quantitative estimate of drug-likeness (QED) is 0.249. The number of nitro groups is 1. The molecule has 0 spiro atoms. The van der Waals surface area contributed by atoms with Gasteiger partial charge in [0.15, 0.2) is 0 Å². The standard InChI is InChI=1S/C20H13BrN6O7/c21-10-1-3-11(4-2-10)23-20(31)34-8-12-7-26(9-22-12)15-5-13-14(6-16(15)27(32)33)25-18(28)17(24-13)19(29)30/h1-7,9H,8H2,(H,23,31)(H,25,28)(H,29,30). The van der Waals surface area contributed by atoms with Crippen LogP contribution in [0, 0.1) is 10.1 Å². The number of rotatable bonds is 6. The lowest BCUT2D eigenvalue weighted by atomic mass is 10.2. The Morgan fingerprint density at radius 2 is 2.00 bits per heavy atom. The van der Waals surface area contributed by atoms with Crippen molar-refractivity contribution in [3.8, 4) is 5.69 Å². The number of carboxylic acids is 1. The van der Waals surface area contributed by atoms with Crippen LogP contribution in [0.2, 0.25) is 0 Å². The van der Waals surface area contributed by atoms with Crippen molar-refractivity contribution in [2.24, 2.45) is 0 Å². The summed E-state index contributed by atoms with van der Waals surface area (Å²) in [4.78, 5) is 56.1. The van der Waals surface area contributed by atoms with Crippen LogP contribution < -0.4 is 10.9 Å². The normalized spacial score (nSPS) is 10.7. The molecule has 1 amide bonds. The molecule has 0 saturated carbocycles.